The molecule has 0 rings (SSSR count). The first-order valence-corrected chi connectivity index (χ1v) is 12.1. The number of carbonyl (C=O) groups is 2. The number of carboxylic acid groups (broad SMARTS) is 1. The Morgan fingerprint density at radius 2 is 1.33 bits per heavy atom. The zero-order valence-electron chi connectivity index (χ0n) is 20.2. The van der Waals surface area contributed by atoms with Gasteiger partial charge in [-0.15, -0.1) is 0 Å². The molecule has 30 heavy (non-hydrogen) atoms. The monoisotopic (exact) mass is 426 g/mol. The van der Waals surface area contributed by atoms with E-state index in [1.807, 2.05) is 21.1 Å². The van der Waals surface area contributed by atoms with Crippen molar-refractivity contribution >= 4 is 11.9 Å². The number of carboxylic acids is 1. The number of unbranched alkanes of at least 4 members (excludes halogenated alkanes) is 11. The molecule has 0 unspecified atom stereocenters. The zero-order chi connectivity index (χ0) is 22.7. The van der Waals surface area contributed by atoms with Crippen molar-refractivity contribution in [2.24, 2.45) is 0 Å². The summed E-state index contributed by atoms with van der Waals surface area (Å²) in [6, 6.07) is 0. The molecule has 0 saturated carbocycles. The number of quaternary nitrogens is 1. The molecule has 0 aromatic carbocycles. The number of hydrogen-bond donors (Lipinski definition) is 1. The lowest BCUT2D eigenvalue weighted by atomic mass is 10.1. The van der Waals surface area contributed by atoms with E-state index in [1.165, 1.54) is 57.8 Å². The third kappa shape index (κ3) is 21.4. The van der Waals surface area contributed by atoms with Crippen LogP contribution in [-0.2, 0) is 14.3 Å². The maximum absolute atomic E-state index is 12.0. The molecule has 0 heterocycles. The smallest absolute Gasteiger partial charge is 0.307 e. The summed E-state index contributed by atoms with van der Waals surface area (Å²) in [5.74, 6) is -1.20. The van der Waals surface area contributed by atoms with Gasteiger partial charge in [0.15, 0.2) is 6.10 Å². The highest BCUT2D eigenvalue weighted by Crippen LogP contribution is 2.12. The number of ether oxygens (including phenoxy) is 1. The number of hydrogen-bond acceptors (Lipinski definition) is 3. The van der Waals surface area contributed by atoms with Gasteiger partial charge in [-0.25, -0.2) is 0 Å². The molecule has 5 nitrogen and oxygen atoms in total. The fourth-order valence-corrected chi connectivity index (χ4v) is 3.53. The molecule has 0 fully saturated rings. The highest BCUT2D eigenvalue weighted by Gasteiger charge is 2.24. The Labute approximate surface area is 185 Å². The molecule has 0 aliphatic carbocycles. The Hall–Kier alpha value is -1.36. The van der Waals surface area contributed by atoms with Gasteiger partial charge in [-0.05, 0) is 32.1 Å². The van der Waals surface area contributed by atoms with Crippen LogP contribution in [0.4, 0.5) is 0 Å². The molecule has 1 N–H and O–H groups in total. The van der Waals surface area contributed by atoms with Crippen molar-refractivity contribution in [1.82, 2.24) is 0 Å². The lowest BCUT2D eigenvalue weighted by molar-refractivity contribution is -0.873. The molecule has 1 atom stereocenters. The third-order valence-corrected chi connectivity index (χ3v) is 5.09. The summed E-state index contributed by atoms with van der Waals surface area (Å²) in [4.78, 5) is 23.0. The summed E-state index contributed by atoms with van der Waals surface area (Å²) < 4.78 is 5.98. The van der Waals surface area contributed by atoms with Crippen molar-refractivity contribution in [3.05, 3.63) is 12.2 Å². The summed E-state index contributed by atoms with van der Waals surface area (Å²) in [6.07, 6.45) is 20.2. The highest BCUT2D eigenvalue weighted by atomic mass is 16.5. The molecule has 0 amide bonds. The number of nitrogens with zero attached hydrogens (tertiary/aromatic N) is 1. The van der Waals surface area contributed by atoms with E-state index in [-0.39, 0.29) is 12.4 Å². The molecular weight excluding hydrogens is 378 g/mol. The zero-order valence-corrected chi connectivity index (χ0v) is 20.2. The van der Waals surface area contributed by atoms with Crippen LogP contribution < -0.4 is 0 Å². The van der Waals surface area contributed by atoms with E-state index in [0.717, 1.165) is 25.7 Å². The summed E-state index contributed by atoms with van der Waals surface area (Å²) in [7, 11) is 5.89. The SMILES string of the molecule is CCCCCCCC/C=C\CCCCCCCC(=O)O[C@H](CC(=O)O)C[N+](C)(C)C. The van der Waals surface area contributed by atoms with Gasteiger partial charge in [0.2, 0.25) is 0 Å². The summed E-state index contributed by atoms with van der Waals surface area (Å²) in [5, 5.41) is 9.01. The van der Waals surface area contributed by atoms with Gasteiger partial charge in [0.05, 0.1) is 27.6 Å². The van der Waals surface area contributed by atoms with E-state index < -0.39 is 12.1 Å². The average molecular weight is 427 g/mol. The average Bonchev–Trinajstić information content (AvgIpc) is 2.63. The highest BCUT2D eigenvalue weighted by molar-refractivity contribution is 5.71. The lowest BCUT2D eigenvalue weighted by Crippen LogP contribution is -2.43. The number of carbonyl (C=O) groups excluding carboxylic acids is 1. The van der Waals surface area contributed by atoms with Gasteiger partial charge in [0.1, 0.15) is 6.54 Å². The summed E-state index contributed by atoms with van der Waals surface area (Å²) in [5.41, 5.74) is 0. The van der Waals surface area contributed by atoms with E-state index >= 15 is 0 Å². The van der Waals surface area contributed by atoms with Crippen molar-refractivity contribution in [3.63, 3.8) is 0 Å². The fourth-order valence-electron chi connectivity index (χ4n) is 3.53. The Morgan fingerprint density at radius 1 is 0.833 bits per heavy atom. The minimum absolute atomic E-state index is 0.131. The van der Waals surface area contributed by atoms with Crippen molar-refractivity contribution in [3.8, 4) is 0 Å². The Morgan fingerprint density at radius 3 is 1.83 bits per heavy atom. The van der Waals surface area contributed by atoms with Crippen LogP contribution in [0.25, 0.3) is 0 Å². The lowest BCUT2D eigenvalue weighted by Gasteiger charge is -2.28. The molecule has 0 aromatic rings. The Balaban J connectivity index is 3.65. The van der Waals surface area contributed by atoms with Crippen LogP contribution in [0.2, 0.25) is 0 Å². The number of allylic oxidation sites excluding steroid dienone is 2. The van der Waals surface area contributed by atoms with Gasteiger partial charge in [-0.2, -0.15) is 0 Å². The van der Waals surface area contributed by atoms with Gasteiger partial charge in [0.25, 0.3) is 0 Å². The predicted octanol–water partition coefficient (Wildman–Crippen LogP) is 6.12. The van der Waals surface area contributed by atoms with Crippen LogP contribution in [0.15, 0.2) is 12.2 Å². The van der Waals surface area contributed by atoms with E-state index in [9.17, 15) is 9.59 Å². The second kappa shape index (κ2) is 18.4. The summed E-state index contributed by atoms with van der Waals surface area (Å²) >= 11 is 0. The van der Waals surface area contributed by atoms with Gasteiger partial charge >= 0.3 is 11.9 Å². The standard InChI is InChI=1S/C25H47NO4/c1-5-6-7-8-9-10-11-12-13-14-15-16-17-18-19-20-25(29)30-23(21-24(27)28)22-26(2,3)4/h12-13,23H,5-11,14-22H2,1-4H3/p+1/b13-12-/t23-/m1/s1. The first-order valence-electron chi connectivity index (χ1n) is 12.1. The van der Waals surface area contributed by atoms with Crippen LogP contribution in [0.3, 0.4) is 0 Å². The molecule has 0 radical (unpaired) electrons. The fraction of sp³-hybridized carbons (Fsp3) is 0.840. The van der Waals surface area contributed by atoms with Crippen LogP contribution in [0.1, 0.15) is 103 Å². The molecule has 0 bridgehead atoms. The molecule has 0 aliphatic rings. The summed E-state index contributed by atoms with van der Waals surface area (Å²) in [6.45, 7) is 2.76. The Kier molecular flexibility index (Phi) is 17.6. The molecular formula is C25H48NO4+. The number of rotatable bonds is 20. The number of likely N-dealkylation sites (N-methyl/N-ethyl adjacent to an activating group) is 1. The maximum atomic E-state index is 12.0. The first kappa shape index (κ1) is 28.6. The molecule has 0 aromatic heterocycles. The largest absolute Gasteiger partial charge is 0.481 e. The predicted molar refractivity (Wildman–Crippen MR) is 124 cm³/mol. The van der Waals surface area contributed by atoms with Gasteiger partial charge in [-0.1, -0.05) is 70.4 Å². The van der Waals surface area contributed by atoms with E-state index in [4.69, 9.17) is 9.84 Å². The van der Waals surface area contributed by atoms with Crippen molar-refractivity contribution in [2.45, 2.75) is 109 Å². The first-order chi connectivity index (χ1) is 14.2. The van der Waals surface area contributed by atoms with Crippen LogP contribution in [0, 0.1) is 0 Å². The van der Waals surface area contributed by atoms with Crippen LogP contribution in [0.5, 0.6) is 0 Å². The van der Waals surface area contributed by atoms with Crippen LogP contribution >= 0.6 is 0 Å². The van der Waals surface area contributed by atoms with E-state index in [0.29, 0.717) is 17.4 Å². The number of esters is 1. The minimum Gasteiger partial charge on any atom is -0.481 e. The molecule has 5 heteroatoms. The second-order valence-electron chi connectivity index (χ2n) is 9.52. The molecule has 0 spiro atoms. The quantitative estimate of drug-likeness (QED) is 0.110. The van der Waals surface area contributed by atoms with Crippen LogP contribution in [-0.4, -0.2) is 55.3 Å². The Bertz CT molecular complexity index is 468. The second-order valence-corrected chi connectivity index (χ2v) is 9.52. The van der Waals surface area contributed by atoms with Crippen molar-refractivity contribution in [1.29, 1.82) is 0 Å². The van der Waals surface area contributed by atoms with Gasteiger partial charge in [0, 0.05) is 6.42 Å². The van der Waals surface area contributed by atoms with E-state index in [1.54, 1.807) is 0 Å². The molecule has 176 valence electrons. The third-order valence-electron chi connectivity index (χ3n) is 5.09. The van der Waals surface area contributed by atoms with Gasteiger partial charge in [-0.3, -0.25) is 9.59 Å². The topological polar surface area (TPSA) is 63.6 Å². The maximum Gasteiger partial charge on any atom is 0.307 e. The van der Waals surface area contributed by atoms with Crippen molar-refractivity contribution < 1.29 is 23.9 Å². The van der Waals surface area contributed by atoms with Gasteiger partial charge < -0.3 is 14.3 Å². The molecule has 0 aliphatic heterocycles. The van der Waals surface area contributed by atoms with E-state index in [2.05, 4.69) is 19.1 Å². The normalized spacial score (nSPS) is 12.9. The number of aliphatic carboxylic acids is 1. The molecule has 0 saturated heterocycles. The van der Waals surface area contributed by atoms with Crippen molar-refractivity contribution in [2.75, 3.05) is 27.7 Å². The minimum atomic E-state index is -0.928.